The third-order valence-corrected chi connectivity index (χ3v) is 4.13. The lowest BCUT2D eigenvalue weighted by Gasteiger charge is -2.31. The van der Waals surface area contributed by atoms with Crippen molar-refractivity contribution in [1.82, 2.24) is 9.97 Å². The first kappa shape index (κ1) is 16.0. The normalized spacial score (nSPS) is 22.9. The van der Waals surface area contributed by atoms with Gasteiger partial charge in [-0.2, -0.15) is 0 Å². The van der Waals surface area contributed by atoms with Gasteiger partial charge in [-0.05, 0) is 12.8 Å². The molecule has 1 fully saturated rings. The Balaban J connectivity index is 2.22. The Morgan fingerprint density at radius 3 is 2.48 bits per heavy atom. The van der Waals surface area contributed by atoms with Gasteiger partial charge in [-0.15, -0.1) is 0 Å². The Labute approximate surface area is 127 Å². The summed E-state index contributed by atoms with van der Waals surface area (Å²) in [5, 5.41) is 16.2. The number of anilines is 2. The first-order chi connectivity index (χ1) is 9.94. The molecule has 5 heteroatoms. The largest absolute Gasteiger partial charge is 0.396 e. The van der Waals surface area contributed by atoms with Crippen molar-refractivity contribution in [2.24, 2.45) is 5.92 Å². The molecule has 3 N–H and O–H groups in total. The number of rotatable bonds is 4. The van der Waals surface area contributed by atoms with Gasteiger partial charge in [0.05, 0.1) is 0 Å². The average molecular weight is 292 g/mol. The lowest BCUT2D eigenvalue weighted by Crippen LogP contribution is -2.35. The number of aliphatic hydroxyl groups excluding tert-OH is 1. The van der Waals surface area contributed by atoms with E-state index in [1.54, 1.807) is 0 Å². The summed E-state index contributed by atoms with van der Waals surface area (Å²) in [6.07, 6.45) is 4.60. The van der Waals surface area contributed by atoms with Gasteiger partial charge < -0.3 is 15.7 Å². The summed E-state index contributed by atoms with van der Waals surface area (Å²) in [7, 11) is 1.87. The lowest BCUT2D eigenvalue weighted by molar-refractivity contribution is 0.178. The molecule has 2 unspecified atom stereocenters. The SMILES string of the molecule is CNc1cc(NC2CCCCC2CO)nc(C(C)(C)C)n1. The van der Waals surface area contributed by atoms with Crippen molar-refractivity contribution in [1.29, 1.82) is 0 Å². The Morgan fingerprint density at radius 2 is 1.86 bits per heavy atom. The Kier molecular flexibility index (Phi) is 5.04. The van der Waals surface area contributed by atoms with Gasteiger partial charge in [-0.1, -0.05) is 33.6 Å². The van der Waals surface area contributed by atoms with E-state index in [4.69, 9.17) is 0 Å². The number of hydrogen-bond acceptors (Lipinski definition) is 5. The Morgan fingerprint density at radius 1 is 1.19 bits per heavy atom. The van der Waals surface area contributed by atoms with Crippen LogP contribution in [0.15, 0.2) is 6.07 Å². The first-order valence-electron chi connectivity index (χ1n) is 7.88. The van der Waals surface area contributed by atoms with Gasteiger partial charge in [-0.3, -0.25) is 0 Å². The second kappa shape index (κ2) is 6.60. The van der Waals surface area contributed by atoms with Crippen LogP contribution in [0.3, 0.4) is 0 Å². The molecule has 118 valence electrons. The Bertz CT molecular complexity index is 470. The summed E-state index contributed by atoms with van der Waals surface area (Å²) in [5.41, 5.74) is -0.0910. The van der Waals surface area contributed by atoms with Crippen LogP contribution in [0.2, 0.25) is 0 Å². The zero-order chi connectivity index (χ0) is 15.5. The van der Waals surface area contributed by atoms with Crippen molar-refractivity contribution in [2.45, 2.75) is 57.9 Å². The quantitative estimate of drug-likeness (QED) is 0.796. The third kappa shape index (κ3) is 4.06. The van der Waals surface area contributed by atoms with Crippen LogP contribution in [0.4, 0.5) is 11.6 Å². The molecule has 0 spiro atoms. The van der Waals surface area contributed by atoms with Crippen LogP contribution >= 0.6 is 0 Å². The second-order valence-corrected chi connectivity index (χ2v) is 6.94. The predicted octanol–water partition coefficient (Wildman–Crippen LogP) is 2.78. The van der Waals surface area contributed by atoms with E-state index in [1.807, 2.05) is 13.1 Å². The molecule has 1 saturated carbocycles. The van der Waals surface area contributed by atoms with Crippen molar-refractivity contribution >= 4 is 11.6 Å². The Hall–Kier alpha value is -1.36. The van der Waals surface area contributed by atoms with E-state index in [0.29, 0.717) is 12.0 Å². The molecule has 5 nitrogen and oxygen atoms in total. The van der Waals surface area contributed by atoms with Gasteiger partial charge in [0, 0.05) is 37.1 Å². The van der Waals surface area contributed by atoms with Crippen LogP contribution in [0.5, 0.6) is 0 Å². The summed E-state index contributed by atoms with van der Waals surface area (Å²) in [5.74, 6) is 2.83. The van der Waals surface area contributed by atoms with Crippen LogP contribution in [-0.2, 0) is 5.41 Å². The van der Waals surface area contributed by atoms with Gasteiger partial charge in [0.1, 0.15) is 17.5 Å². The fourth-order valence-corrected chi connectivity index (χ4v) is 2.79. The minimum atomic E-state index is -0.0910. The summed E-state index contributed by atoms with van der Waals surface area (Å²) in [4.78, 5) is 9.22. The van der Waals surface area contributed by atoms with E-state index in [9.17, 15) is 5.11 Å². The molecule has 0 saturated heterocycles. The van der Waals surface area contributed by atoms with Crippen LogP contribution in [0, 0.1) is 5.92 Å². The minimum Gasteiger partial charge on any atom is -0.396 e. The summed E-state index contributed by atoms with van der Waals surface area (Å²) >= 11 is 0. The highest BCUT2D eigenvalue weighted by Gasteiger charge is 2.26. The van der Waals surface area contributed by atoms with Crippen LogP contribution in [0.1, 0.15) is 52.3 Å². The molecule has 2 rings (SSSR count). The number of hydrogen-bond donors (Lipinski definition) is 3. The molecule has 1 aromatic heterocycles. The minimum absolute atomic E-state index is 0.0910. The smallest absolute Gasteiger partial charge is 0.138 e. The fourth-order valence-electron chi connectivity index (χ4n) is 2.79. The van der Waals surface area contributed by atoms with Crippen molar-refractivity contribution in [3.63, 3.8) is 0 Å². The topological polar surface area (TPSA) is 70.1 Å². The lowest BCUT2D eigenvalue weighted by atomic mass is 9.85. The molecule has 0 amide bonds. The van der Waals surface area contributed by atoms with Gasteiger partial charge in [-0.25, -0.2) is 9.97 Å². The number of aromatic nitrogens is 2. The monoisotopic (exact) mass is 292 g/mol. The van der Waals surface area contributed by atoms with Gasteiger partial charge >= 0.3 is 0 Å². The molecule has 1 aliphatic rings. The number of nitrogens with zero attached hydrogens (tertiary/aromatic N) is 2. The van der Waals surface area contributed by atoms with E-state index in [-0.39, 0.29) is 12.0 Å². The average Bonchev–Trinajstić information content (AvgIpc) is 2.46. The van der Waals surface area contributed by atoms with E-state index < -0.39 is 0 Å². The molecular weight excluding hydrogens is 264 g/mol. The number of nitrogens with one attached hydrogen (secondary N) is 2. The molecule has 1 aliphatic carbocycles. The molecule has 0 aliphatic heterocycles. The van der Waals surface area contributed by atoms with Crippen molar-refractivity contribution in [2.75, 3.05) is 24.3 Å². The van der Waals surface area contributed by atoms with Gasteiger partial charge in [0.15, 0.2) is 0 Å². The zero-order valence-corrected chi connectivity index (χ0v) is 13.6. The van der Waals surface area contributed by atoms with Crippen molar-refractivity contribution in [3.8, 4) is 0 Å². The maximum absolute atomic E-state index is 9.54. The summed E-state index contributed by atoms with van der Waals surface area (Å²) in [6, 6.07) is 2.24. The molecule has 0 radical (unpaired) electrons. The maximum Gasteiger partial charge on any atom is 0.138 e. The molecular formula is C16H28N4O. The third-order valence-electron chi connectivity index (χ3n) is 4.13. The molecule has 0 bridgehead atoms. The second-order valence-electron chi connectivity index (χ2n) is 6.94. The van der Waals surface area contributed by atoms with E-state index >= 15 is 0 Å². The van der Waals surface area contributed by atoms with Crippen LogP contribution in [-0.4, -0.2) is 34.8 Å². The molecule has 21 heavy (non-hydrogen) atoms. The van der Waals surface area contributed by atoms with E-state index in [2.05, 4.69) is 41.4 Å². The zero-order valence-electron chi connectivity index (χ0n) is 13.6. The maximum atomic E-state index is 9.54. The van der Waals surface area contributed by atoms with E-state index in [0.717, 1.165) is 30.3 Å². The summed E-state index contributed by atoms with van der Waals surface area (Å²) in [6.45, 7) is 6.59. The van der Waals surface area contributed by atoms with Crippen molar-refractivity contribution < 1.29 is 5.11 Å². The van der Waals surface area contributed by atoms with Crippen molar-refractivity contribution in [3.05, 3.63) is 11.9 Å². The number of aliphatic hydroxyl groups is 1. The molecule has 1 aromatic rings. The van der Waals surface area contributed by atoms with Gasteiger partial charge in [0.2, 0.25) is 0 Å². The standard InChI is InChI=1S/C16H28N4O/c1-16(2,3)15-19-13(17-4)9-14(20-15)18-12-8-6-5-7-11(12)10-21/h9,11-12,21H,5-8,10H2,1-4H3,(H2,17,18,19,20). The first-order valence-corrected chi connectivity index (χ1v) is 7.88. The predicted molar refractivity (Wildman–Crippen MR) is 86.7 cm³/mol. The summed E-state index contributed by atoms with van der Waals surface area (Å²) < 4.78 is 0. The van der Waals surface area contributed by atoms with Crippen LogP contribution < -0.4 is 10.6 Å². The van der Waals surface area contributed by atoms with E-state index in [1.165, 1.54) is 12.8 Å². The van der Waals surface area contributed by atoms with Gasteiger partial charge in [0.25, 0.3) is 0 Å². The fraction of sp³-hybridized carbons (Fsp3) is 0.750. The highest BCUT2D eigenvalue weighted by Crippen LogP contribution is 2.28. The molecule has 1 heterocycles. The van der Waals surface area contributed by atoms with Crippen LogP contribution in [0.25, 0.3) is 0 Å². The molecule has 0 aromatic carbocycles. The molecule has 2 atom stereocenters. The highest BCUT2D eigenvalue weighted by molar-refractivity contribution is 5.48. The highest BCUT2D eigenvalue weighted by atomic mass is 16.3.